The van der Waals surface area contributed by atoms with E-state index in [2.05, 4.69) is 40.3 Å². The molecule has 1 N–H and O–H groups in total. The lowest BCUT2D eigenvalue weighted by Gasteiger charge is -2.17. The number of nitrogens with one attached hydrogen (secondary N) is 1. The lowest BCUT2D eigenvalue weighted by molar-refractivity contribution is 0.411. The van der Waals surface area contributed by atoms with Gasteiger partial charge in [-0.25, -0.2) is 0 Å². The topological polar surface area (TPSA) is 21.3 Å². The molecule has 0 aromatic heterocycles. The molecule has 1 aliphatic rings. The van der Waals surface area contributed by atoms with Gasteiger partial charge in [0.05, 0.1) is 11.6 Å². The van der Waals surface area contributed by atoms with Crippen LogP contribution in [0, 0.1) is 5.92 Å². The van der Waals surface area contributed by atoms with Gasteiger partial charge in [0.15, 0.2) is 0 Å². The van der Waals surface area contributed by atoms with Crippen LogP contribution < -0.4 is 10.1 Å². The minimum absolute atomic E-state index is 0.493. The summed E-state index contributed by atoms with van der Waals surface area (Å²) in [5.74, 6) is 1.61. The van der Waals surface area contributed by atoms with E-state index in [9.17, 15) is 0 Å². The predicted octanol–water partition coefficient (Wildman–Crippen LogP) is 3.13. The summed E-state index contributed by atoms with van der Waals surface area (Å²) in [7, 11) is 1.69. The molecule has 1 aromatic carbocycles. The zero-order valence-corrected chi connectivity index (χ0v) is 10.7. The number of hydrogen-bond donors (Lipinski definition) is 1. The normalized spacial score (nSPS) is 25.5. The molecule has 1 aliphatic heterocycles. The molecule has 2 unspecified atom stereocenters. The zero-order chi connectivity index (χ0) is 10.8. The maximum atomic E-state index is 5.22. The summed E-state index contributed by atoms with van der Waals surface area (Å²) in [6, 6.07) is 6.81. The highest BCUT2D eigenvalue weighted by molar-refractivity contribution is 9.10. The van der Waals surface area contributed by atoms with Gasteiger partial charge in [-0.05, 0) is 52.5 Å². The van der Waals surface area contributed by atoms with Gasteiger partial charge < -0.3 is 10.1 Å². The first-order valence-electron chi connectivity index (χ1n) is 5.29. The summed E-state index contributed by atoms with van der Waals surface area (Å²) in [5.41, 5.74) is 1.34. The van der Waals surface area contributed by atoms with E-state index < -0.39 is 0 Å². The molecule has 82 valence electrons. The number of hydrogen-bond acceptors (Lipinski definition) is 2. The molecule has 1 fully saturated rings. The molecule has 1 heterocycles. The van der Waals surface area contributed by atoms with Crippen LogP contribution in [0.4, 0.5) is 0 Å². The standard InChI is InChI=1S/C12H16BrNO/c1-8-5-6-14-12(8)9-3-4-11(15-2)10(13)7-9/h3-4,7-8,12,14H,5-6H2,1-2H3. The van der Waals surface area contributed by atoms with Crippen molar-refractivity contribution in [2.24, 2.45) is 5.92 Å². The highest BCUT2D eigenvalue weighted by Crippen LogP contribution is 2.33. The molecule has 0 amide bonds. The number of rotatable bonds is 2. The van der Waals surface area contributed by atoms with Gasteiger partial charge in [-0.15, -0.1) is 0 Å². The predicted molar refractivity (Wildman–Crippen MR) is 65.2 cm³/mol. The lowest BCUT2D eigenvalue weighted by Crippen LogP contribution is -2.16. The Bertz CT molecular complexity index is 353. The SMILES string of the molecule is COc1ccc(C2NCCC2C)cc1Br. The van der Waals surface area contributed by atoms with Gasteiger partial charge in [-0.2, -0.15) is 0 Å². The minimum Gasteiger partial charge on any atom is -0.496 e. The number of halogens is 1. The van der Waals surface area contributed by atoms with Crippen molar-refractivity contribution in [3.63, 3.8) is 0 Å². The monoisotopic (exact) mass is 269 g/mol. The molecular formula is C12H16BrNO. The van der Waals surface area contributed by atoms with Crippen molar-refractivity contribution in [1.82, 2.24) is 5.32 Å². The van der Waals surface area contributed by atoms with Gasteiger partial charge in [0.1, 0.15) is 5.75 Å². The van der Waals surface area contributed by atoms with Crippen LogP contribution in [-0.4, -0.2) is 13.7 Å². The van der Waals surface area contributed by atoms with Crippen molar-refractivity contribution >= 4 is 15.9 Å². The van der Waals surface area contributed by atoms with Crippen molar-refractivity contribution in [2.75, 3.05) is 13.7 Å². The molecular weight excluding hydrogens is 254 g/mol. The van der Waals surface area contributed by atoms with Gasteiger partial charge in [0, 0.05) is 6.04 Å². The Kier molecular flexibility index (Phi) is 3.32. The largest absolute Gasteiger partial charge is 0.496 e. The summed E-state index contributed by atoms with van der Waals surface area (Å²) in [6.45, 7) is 3.41. The van der Waals surface area contributed by atoms with Crippen molar-refractivity contribution in [2.45, 2.75) is 19.4 Å². The van der Waals surface area contributed by atoms with E-state index in [4.69, 9.17) is 4.74 Å². The van der Waals surface area contributed by atoms with E-state index in [0.717, 1.165) is 16.8 Å². The Labute approximate surface area is 99.1 Å². The minimum atomic E-state index is 0.493. The van der Waals surface area contributed by atoms with Gasteiger partial charge in [-0.1, -0.05) is 13.0 Å². The first-order chi connectivity index (χ1) is 7.22. The first-order valence-corrected chi connectivity index (χ1v) is 6.08. The third-order valence-corrected chi connectivity index (χ3v) is 3.69. The second kappa shape index (κ2) is 4.54. The average molecular weight is 270 g/mol. The molecule has 1 aromatic rings. The fourth-order valence-corrected chi connectivity index (χ4v) is 2.72. The van der Waals surface area contributed by atoms with E-state index in [1.54, 1.807) is 7.11 Å². The molecule has 0 saturated carbocycles. The van der Waals surface area contributed by atoms with Crippen LogP contribution in [0.1, 0.15) is 24.9 Å². The van der Waals surface area contributed by atoms with Crippen LogP contribution in [0.15, 0.2) is 22.7 Å². The summed E-state index contributed by atoms with van der Waals surface area (Å²) >= 11 is 3.52. The Balaban J connectivity index is 2.25. The zero-order valence-electron chi connectivity index (χ0n) is 9.09. The van der Waals surface area contributed by atoms with Crippen molar-refractivity contribution in [1.29, 1.82) is 0 Å². The summed E-state index contributed by atoms with van der Waals surface area (Å²) in [4.78, 5) is 0. The number of benzene rings is 1. The molecule has 0 radical (unpaired) electrons. The molecule has 2 nitrogen and oxygen atoms in total. The van der Waals surface area contributed by atoms with Crippen LogP contribution in [0.3, 0.4) is 0 Å². The van der Waals surface area contributed by atoms with Crippen LogP contribution in [0.5, 0.6) is 5.75 Å². The highest BCUT2D eigenvalue weighted by Gasteiger charge is 2.24. The summed E-state index contributed by atoms with van der Waals surface area (Å²) in [5, 5.41) is 3.53. The summed E-state index contributed by atoms with van der Waals surface area (Å²) in [6.07, 6.45) is 1.26. The smallest absolute Gasteiger partial charge is 0.133 e. The number of ether oxygens (including phenoxy) is 1. The van der Waals surface area contributed by atoms with Crippen LogP contribution >= 0.6 is 15.9 Å². The quantitative estimate of drug-likeness (QED) is 0.891. The van der Waals surface area contributed by atoms with Crippen molar-refractivity contribution in [3.05, 3.63) is 28.2 Å². The van der Waals surface area contributed by atoms with E-state index in [1.807, 2.05) is 6.07 Å². The van der Waals surface area contributed by atoms with Gasteiger partial charge in [0.2, 0.25) is 0 Å². The van der Waals surface area contributed by atoms with Crippen molar-refractivity contribution < 1.29 is 4.74 Å². The van der Waals surface area contributed by atoms with Crippen LogP contribution in [0.25, 0.3) is 0 Å². The van der Waals surface area contributed by atoms with E-state index in [1.165, 1.54) is 12.0 Å². The van der Waals surface area contributed by atoms with Gasteiger partial charge in [-0.3, -0.25) is 0 Å². The van der Waals surface area contributed by atoms with Gasteiger partial charge >= 0.3 is 0 Å². The molecule has 15 heavy (non-hydrogen) atoms. The third-order valence-electron chi connectivity index (χ3n) is 3.07. The molecule has 0 spiro atoms. The Morgan fingerprint density at radius 1 is 1.47 bits per heavy atom. The Morgan fingerprint density at radius 3 is 2.80 bits per heavy atom. The van der Waals surface area contributed by atoms with Crippen LogP contribution in [-0.2, 0) is 0 Å². The fraction of sp³-hybridized carbons (Fsp3) is 0.500. The van der Waals surface area contributed by atoms with Gasteiger partial charge in [0.25, 0.3) is 0 Å². The maximum absolute atomic E-state index is 5.22. The molecule has 1 saturated heterocycles. The highest BCUT2D eigenvalue weighted by atomic mass is 79.9. The molecule has 2 atom stereocenters. The van der Waals surface area contributed by atoms with E-state index in [0.29, 0.717) is 12.0 Å². The Morgan fingerprint density at radius 2 is 2.27 bits per heavy atom. The van der Waals surface area contributed by atoms with E-state index >= 15 is 0 Å². The van der Waals surface area contributed by atoms with E-state index in [-0.39, 0.29) is 0 Å². The second-order valence-corrected chi connectivity index (χ2v) is 4.95. The average Bonchev–Trinajstić information content (AvgIpc) is 2.64. The molecule has 3 heteroatoms. The second-order valence-electron chi connectivity index (χ2n) is 4.09. The third kappa shape index (κ3) is 2.18. The maximum Gasteiger partial charge on any atom is 0.133 e. The fourth-order valence-electron chi connectivity index (χ4n) is 2.16. The van der Waals surface area contributed by atoms with Crippen LogP contribution in [0.2, 0.25) is 0 Å². The summed E-state index contributed by atoms with van der Waals surface area (Å²) < 4.78 is 6.25. The molecule has 0 bridgehead atoms. The lowest BCUT2D eigenvalue weighted by atomic mass is 9.96. The number of methoxy groups -OCH3 is 1. The molecule has 0 aliphatic carbocycles. The molecule has 2 rings (SSSR count). The Hall–Kier alpha value is -0.540. The van der Waals surface area contributed by atoms with Crippen molar-refractivity contribution in [3.8, 4) is 5.75 Å². The first kappa shape index (κ1) is 11.0.